The Kier molecular flexibility index (Phi) is 6.35. The van der Waals surface area contributed by atoms with Gasteiger partial charge in [-0.2, -0.15) is 0 Å². The molecule has 154 valence electrons. The van der Waals surface area contributed by atoms with Crippen LogP contribution in [0.5, 0.6) is 11.5 Å². The molecule has 1 unspecified atom stereocenters. The molecule has 4 rings (SSSR count). The van der Waals surface area contributed by atoms with Crippen LogP contribution in [0.15, 0.2) is 42.6 Å². The van der Waals surface area contributed by atoms with Crippen molar-refractivity contribution in [2.75, 3.05) is 20.3 Å². The van der Waals surface area contributed by atoms with Gasteiger partial charge < -0.3 is 19.8 Å². The van der Waals surface area contributed by atoms with Gasteiger partial charge in [-0.05, 0) is 68.1 Å². The summed E-state index contributed by atoms with van der Waals surface area (Å²) >= 11 is 0. The summed E-state index contributed by atoms with van der Waals surface area (Å²) < 4.78 is 24.8. The lowest BCUT2D eigenvalue weighted by atomic mass is 10.0. The van der Waals surface area contributed by atoms with E-state index in [9.17, 15) is 4.39 Å². The van der Waals surface area contributed by atoms with Gasteiger partial charge in [0, 0.05) is 28.7 Å². The van der Waals surface area contributed by atoms with Crippen LogP contribution >= 0.6 is 0 Å². The van der Waals surface area contributed by atoms with Gasteiger partial charge in [0.05, 0.1) is 7.11 Å². The van der Waals surface area contributed by atoms with E-state index in [1.807, 2.05) is 30.5 Å². The van der Waals surface area contributed by atoms with Gasteiger partial charge in [0.2, 0.25) is 0 Å². The van der Waals surface area contributed by atoms with E-state index in [-0.39, 0.29) is 5.82 Å². The summed E-state index contributed by atoms with van der Waals surface area (Å²) in [5.41, 5.74) is 3.39. The van der Waals surface area contributed by atoms with Crippen molar-refractivity contribution in [3.63, 3.8) is 0 Å². The highest BCUT2D eigenvalue weighted by molar-refractivity contribution is 5.83. The number of ether oxygens (including phenoxy) is 2. The molecule has 0 bridgehead atoms. The van der Waals surface area contributed by atoms with E-state index in [0.29, 0.717) is 12.6 Å². The lowest BCUT2D eigenvalue weighted by Crippen LogP contribution is -2.39. The third kappa shape index (κ3) is 4.73. The maximum atomic E-state index is 13.5. The number of aromatic nitrogens is 1. The summed E-state index contributed by atoms with van der Waals surface area (Å²) in [5.74, 6) is 1.68. The number of hydrogen-bond donors (Lipinski definition) is 2. The van der Waals surface area contributed by atoms with Gasteiger partial charge in [0.1, 0.15) is 23.9 Å². The number of rotatable bonds is 9. The highest BCUT2D eigenvalue weighted by Crippen LogP contribution is 2.32. The molecule has 1 atom stereocenters. The normalized spacial score (nSPS) is 15.9. The van der Waals surface area contributed by atoms with Crippen LogP contribution in [0.4, 0.5) is 4.39 Å². The van der Waals surface area contributed by atoms with Crippen molar-refractivity contribution in [2.45, 2.75) is 44.6 Å². The van der Waals surface area contributed by atoms with Gasteiger partial charge in [0.25, 0.3) is 0 Å². The summed E-state index contributed by atoms with van der Waals surface area (Å²) in [6.45, 7) is 1.70. The average Bonchev–Trinajstić information content (AvgIpc) is 3.14. The van der Waals surface area contributed by atoms with Gasteiger partial charge in [-0.1, -0.05) is 18.9 Å². The summed E-state index contributed by atoms with van der Waals surface area (Å²) in [7, 11) is 1.71. The van der Waals surface area contributed by atoms with Crippen molar-refractivity contribution in [2.24, 2.45) is 0 Å². The zero-order chi connectivity index (χ0) is 20.1. The third-order valence-electron chi connectivity index (χ3n) is 5.74. The predicted octanol–water partition coefficient (Wildman–Crippen LogP) is 5.01. The van der Waals surface area contributed by atoms with Crippen LogP contribution in [0, 0.1) is 5.82 Å². The van der Waals surface area contributed by atoms with Crippen LogP contribution in [0.3, 0.4) is 0 Å². The molecule has 5 heteroatoms. The molecule has 3 aromatic rings. The van der Waals surface area contributed by atoms with E-state index in [1.54, 1.807) is 13.2 Å². The lowest BCUT2D eigenvalue weighted by Gasteiger charge is -2.27. The van der Waals surface area contributed by atoms with E-state index < -0.39 is 0 Å². The molecule has 2 N–H and O–H groups in total. The number of nitrogens with one attached hydrogen (secondary N) is 2. The van der Waals surface area contributed by atoms with Gasteiger partial charge in [-0.25, -0.2) is 4.39 Å². The second-order valence-electron chi connectivity index (χ2n) is 7.77. The summed E-state index contributed by atoms with van der Waals surface area (Å²) in [4.78, 5) is 3.23. The van der Waals surface area contributed by atoms with Crippen molar-refractivity contribution < 1.29 is 13.9 Å². The minimum atomic E-state index is -0.170. The van der Waals surface area contributed by atoms with Gasteiger partial charge in [0.15, 0.2) is 0 Å². The smallest absolute Gasteiger partial charge is 0.126 e. The first-order chi connectivity index (χ1) is 14.2. The standard InChI is InChI=1S/C24H29FN2O2/c1-28-23-8-6-9-24-21(23)14-19(16-29-24)26-12-5-3-2-4-7-17-15-27-22-11-10-18(25)13-20(17)22/h6,8-11,13,15,19,26-27H,2-5,7,12,14,16H2,1H3. The second-order valence-corrected chi connectivity index (χ2v) is 7.77. The van der Waals surface area contributed by atoms with E-state index in [1.165, 1.54) is 24.5 Å². The Morgan fingerprint density at radius 1 is 1.17 bits per heavy atom. The number of halogens is 1. The fourth-order valence-electron chi connectivity index (χ4n) is 4.16. The number of fused-ring (bicyclic) bond motifs is 2. The maximum absolute atomic E-state index is 13.5. The maximum Gasteiger partial charge on any atom is 0.126 e. The summed E-state index contributed by atoms with van der Waals surface area (Å²) in [6.07, 6.45) is 8.60. The molecule has 0 fully saturated rings. The number of hydrogen-bond acceptors (Lipinski definition) is 3. The van der Waals surface area contributed by atoms with Crippen LogP contribution < -0.4 is 14.8 Å². The van der Waals surface area contributed by atoms with Crippen LogP contribution in [-0.2, 0) is 12.8 Å². The number of aromatic amines is 1. The van der Waals surface area contributed by atoms with Crippen LogP contribution in [0.25, 0.3) is 10.9 Å². The summed E-state index contributed by atoms with van der Waals surface area (Å²) in [6, 6.07) is 11.2. The van der Waals surface area contributed by atoms with Gasteiger partial charge in [-0.3, -0.25) is 0 Å². The number of methoxy groups -OCH3 is 1. The first-order valence-corrected chi connectivity index (χ1v) is 10.5. The Hall–Kier alpha value is -2.53. The number of H-pyrrole nitrogens is 1. The first kappa shape index (κ1) is 19.8. The SMILES string of the molecule is COc1cccc2c1CC(NCCCCCCc1c[nH]c3ccc(F)cc13)CO2. The molecule has 2 aromatic carbocycles. The molecule has 4 nitrogen and oxygen atoms in total. The minimum absolute atomic E-state index is 0.170. The molecule has 29 heavy (non-hydrogen) atoms. The van der Waals surface area contributed by atoms with E-state index in [0.717, 1.165) is 60.2 Å². The molecule has 1 aliphatic rings. The monoisotopic (exact) mass is 396 g/mol. The van der Waals surface area contributed by atoms with Crippen LogP contribution in [-0.4, -0.2) is 31.3 Å². The van der Waals surface area contributed by atoms with Gasteiger partial charge >= 0.3 is 0 Å². The zero-order valence-corrected chi connectivity index (χ0v) is 17.0. The van der Waals surface area contributed by atoms with E-state index in [4.69, 9.17) is 9.47 Å². The molecule has 0 aliphatic carbocycles. The highest BCUT2D eigenvalue weighted by atomic mass is 19.1. The summed E-state index contributed by atoms with van der Waals surface area (Å²) in [5, 5.41) is 4.64. The Morgan fingerprint density at radius 3 is 2.97 bits per heavy atom. The quantitative estimate of drug-likeness (QED) is 0.500. The molecule has 2 heterocycles. The van der Waals surface area contributed by atoms with E-state index >= 15 is 0 Å². The molecular weight excluding hydrogens is 367 g/mol. The molecule has 1 aliphatic heterocycles. The number of unbranched alkanes of at least 4 members (excludes halogenated alkanes) is 3. The molecule has 0 saturated carbocycles. The number of aryl methyl sites for hydroxylation is 1. The Labute approximate surface area is 171 Å². The fourth-order valence-corrected chi connectivity index (χ4v) is 4.16. The largest absolute Gasteiger partial charge is 0.496 e. The molecule has 0 amide bonds. The zero-order valence-electron chi connectivity index (χ0n) is 17.0. The molecule has 0 saturated heterocycles. The van der Waals surface area contributed by atoms with Crippen molar-refractivity contribution in [1.29, 1.82) is 0 Å². The van der Waals surface area contributed by atoms with Crippen molar-refractivity contribution in [3.05, 3.63) is 59.5 Å². The topological polar surface area (TPSA) is 46.3 Å². The van der Waals surface area contributed by atoms with Crippen LogP contribution in [0.1, 0.15) is 36.8 Å². The van der Waals surface area contributed by atoms with Crippen molar-refractivity contribution in [3.8, 4) is 11.5 Å². The minimum Gasteiger partial charge on any atom is -0.496 e. The van der Waals surface area contributed by atoms with Gasteiger partial charge in [-0.15, -0.1) is 0 Å². The molecule has 0 radical (unpaired) electrons. The first-order valence-electron chi connectivity index (χ1n) is 10.5. The Balaban J connectivity index is 1.15. The second kappa shape index (κ2) is 9.31. The lowest BCUT2D eigenvalue weighted by molar-refractivity contribution is 0.234. The molecule has 0 spiro atoms. The molecule has 1 aromatic heterocycles. The van der Waals surface area contributed by atoms with Crippen molar-refractivity contribution >= 4 is 10.9 Å². The Bertz CT molecular complexity index is 939. The molecular formula is C24H29FN2O2. The van der Waals surface area contributed by atoms with Crippen molar-refractivity contribution in [1.82, 2.24) is 10.3 Å². The van der Waals surface area contributed by atoms with E-state index in [2.05, 4.69) is 10.3 Å². The van der Waals surface area contributed by atoms with Crippen LogP contribution in [0.2, 0.25) is 0 Å². The fraction of sp³-hybridized carbons (Fsp3) is 0.417. The Morgan fingerprint density at radius 2 is 2.07 bits per heavy atom. The predicted molar refractivity (Wildman–Crippen MR) is 114 cm³/mol. The highest BCUT2D eigenvalue weighted by Gasteiger charge is 2.22. The number of benzene rings is 2. The average molecular weight is 397 g/mol. The third-order valence-corrected chi connectivity index (χ3v) is 5.74.